The van der Waals surface area contributed by atoms with E-state index in [0.29, 0.717) is 4.83 Å². The third-order valence-electron chi connectivity index (χ3n) is 1.75. The molecule has 60 valence electrons. The highest BCUT2D eigenvalue weighted by atomic mass is 79.9. The van der Waals surface area contributed by atoms with E-state index < -0.39 is 0 Å². The summed E-state index contributed by atoms with van der Waals surface area (Å²) in [6.07, 6.45) is 2.82. The quantitative estimate of drug-likeness (QED) is 0.690. The molecular formula is C6H8BrN3S. The Morgan fingerprint density at radius 2 is 2.64 bits per heavy atom. The third kappa shape index (κ3) is 1.54. The SMILES string of the molecule is BrC1CCN(c2ncns2)C1. The van der Waals surface area contributed by atoms with E-state index in [-0.39, 0.29) is 0 Å². The van der Waals surface area contributed by atoms with Crippen molar-refractivity contribution >= 4 is 32.6 Å². The van der Waals surface area contributed by atoms with Gasteiger partial charge in [-0.15, -0.1) is 0 Å². The van der Waals surface area contributed by atoms with Gasteiger partial charge in [0.1, 0.15) is 6.33 Å². The van der Waals surface area contributed by atoms with E-state index >= 15 is 0 Å². The Kier molecular flexibility index (Phi) is 2.09. The van der Waals surface area contributed by atoms with Gasteiger partial charge >= 0.3 is 0 Å². The summed E-state index contributed by atoms with van der Waals surface area (Å²) >= 11 is 5.05. The van der Waals surface area contributed by atoms with E-state index in [1.165, 1.54) is 18.0 Å². The molecule has 0 aliphatic carbocycles. The Morgan fingerprint density at radius 1 is 1.73 bits per heavy atom. The lowest BCUT2D eigenvalue weighted by Crippen LogP contribution is -2.18. The summed E-state index contributed by atoms with van der Waals surface area (Å²) in [6, 6.07) is 0. The number of rotatable bonds is 1. The molecule has 0 amide bonds. The van der Waals surface area contributed by atoms with Gasteiger partial charge in [-0.2, -0.15) is 4.37 Å². The summed E-state index contributed by atoms with van der Waals surface area (Å²) in [6.45, 7) is 2.17. The number of hydrogen-bond donors (Lipinski definition) is 0. The van der Waals surface area contributed by atoms with Crippen molar-refractivity contribution in [3.63, 3.8) is 0 Å². The second kappa shape index (κ2) is 3.06. The molecule has 3 nitrogen and oxygen atoms in total. The average molecular weight is 234 g/mol. The number of alkyl halides is 1. The molecule has 2 heterocycles. The molecule has 11 heavy (non-hydrogen) atoms. The van der Waals surface area contributed by atoms with Crippen LogP contribution in [0.5, 0.6) is 0 Å². The fraction of sp³-hybridized carbons (Fsp3) is 0.667. The molecule has 1 saturated heterocycles. The molecular weight excluding hydrogens is 226 g/mol. The summed E-state index contributed by atoms with van der Waals surface area (Å²) in [7, 11) is 0. The highest BCUT2D eigenvalue weighted by molar-refractivity contribution is 9.09. The van der Waals surface area contributed by atoms with Crippen LogP contribution in [0.15, 0.2) is 6.33 Å². The molecule has 0 spiro atoms. The van der Waals surface area contributed by atoms with Gasteiger partial charge in [-0.05, 0) is 6.42 Å². The fourth-order valence-electron chi connectivity index (χ4n) is 1.20. The maximum absolute atomic E-state index is 4.15. The van der Waals surface area contributed by atoms with Gasteiger partial charge in [0.05, 0.1) is 0 Å². The van der Waals surface area contributed by atoms with Crippen molar-refractivity contribution in [1.29, 1.82) is 0 Å². The maximum atomic E-state index is 4.15. The van der Waals surface area contributed by atoms with Crippen LogP contribution in [0, 0.1) is 0 Å². The number of anilines is 1. The summed E-state index contributed by atoms with van der Waals surface area (Å²) in [5.41, 5.74) is 0. The van der Waals surface area contributed by atoms with E-state index in [1.807, 2.05) is 0 Å². The fourth-order valence-corrected chi connectivity index (χ4v) is 2.32. The lowest BCUT2D eigenvalue weighted by atomic mass is 10.4. The Labute approximate surface area is 77.7 Å². The van der Waals surface area contributed by atoms with Gasteiger partial charge in [0, 0.05) is 29.4 Å². The molecule has 0 bridgehead atoms. The minimum Gasteiger partial charge on any atom is -0.346 e. The topological polar surface area (TPSA) is 29.0 Å². The lowest BCUT2D eigenvalue weighted by molar-refractivity contribution is 0.957. The van der Waals surface area contributed by atoms with Crippen LogP contribution in [0.1, 0.15) is 6.42 Å². The molecule has 1 aromatic rings. The summed E-state index contributed by atoms with van der Waals surface area (Å²) in [5.74, 6) is 0. The first-order valence-electron chi connectivity index (χ1n) is 3.52. The van der Waals surface area contributed by atoms with Gasteiger partial charge < -0.3 is 4.90 Å². The molecule has 0 N–H and O–H groups in total. The molecule has 0 saturated carbocycles. The van der Waals surface area contributed by atoms with Crippen molar-refractivity contribution in [3.8, 4) is 0 Å². The van der Waals surface area contributed by atoms with Crippen molar-refractivity contribution in [1.82, 2.24) is 9.36 Å². The lowest BCUT2D eigenvalue weighted by Gasteiger charge is -2.11. The number of nitrogens with zero attached hydrogens (tertiary/aromatic N) is 3. The van der Waals surface area contributed by atoms with E-state index in [0.717, 1.165) is 18.2 Å². The molecule has 1 aliphatic rings. The minimum atomic E-state index is 0.631. The van der Waals surface area contributed by atoms with Gasteiger partial charge in [-0.3, -0.25) is 0 Å². The average Bonchev–Trinajstić information content (AvgIpc) is 2.55. The van der Waals surface area contributed by atoms with Crippen molar-refractivity contribution < 1.29 is 0 Å². The molecule has 1 aliphatic heterocycles. The first-order valence-corrected chi connectivity index (χ1v) is 5.21. The zero-order valence-corrected chi connectivity index (χ0v) is 8.31. The molecule has 2 rings (SSSR count). The largest absolute Gasteiger partial charge is 0.346 e. The predicted octanol–water partition coefficient (Wildman–Crippen LogP) is 1.51. The van der Waals surface area contributed by atoms with Crippen molar-refractivity contribution in [2.24, 2.45) is 0 Å². The molecule has 1 atom stereocenters. The molecule has 0 aromatic carbocycles. The Balaban J connectivity index is 2.08. The van der Waals surface area contributed by atoms with E-state index in [2.05, 4.69) is 30.2 Å². The van der Waals surface area contributed by atoms with E-state index in [1.54, 1.807) is 6.33 Å². The summed E-state index contributed by atoms with van der Waals surface area (Å²) in [4.78, 5) is 7.04. The zero-order valence-electron chi connectivity index (χ0n) is 5.90. The van der Waals surface area contributed by atoms with Crippen LogP contribution in [-0.4, -0.2) is 27.3 Å². The zero-order chi connectivity index (χ0) is 7.68. The monoisotopic (exact) mass is 233 g/mol. The summed E-state index contributed by atoms with van der Waals surface area (Å²) < 4.78 is 3.97. The molecule has 1 fully saturated rings. The minimum absolute atomic E-state index is 0.631. The number of hydrogen-bond acceptors (Lipinski definition) is 4. The first-order chi connectivity index (χ1) is 5.36. The van der Waals surface area contributed by atoms with E-state index in [9.17, 15) is 0 Å². The Bertz CT molecular complexity index is 226. The molecule has 1 unspecified atom stereocenters. The highest BCUT2D eigenvalue weighted by Crippen LogP contribution is 2.23. The van der Waals surface area contributed by atoms with Crippen LogP contribution in [0.25, 0.3) is 0 Å². The normalized spacial score (nSPS) is 24.5. The van der Waals surface area contributed by atoms with Crippen LogP contribution in [0.4, 0.5) is 5.13 Å². The van der Waals surface area contributed by atoms with Crippen LogP contribution in [-0.2, 0) is 0 Å². The third-order valence-corrected chi connectivity index (χ3v) is 3.22. The smallest absolute Gasteiger partial charge is 0.204 e. The van der Waals surface area contributed by atoms with Crippen LogP contribution in [0.3, 0.4) is 0 Å². The molecule has 0 radical (unpaired) electrons. The van der Waals surface area contributed by atoms with Gasteiger partial charge in [0.2, 0.25) is 5.13 Å². The predicted molar refractivity (Wildman–Crippen MR) is 49.5 cm³/mol. The Hall–Kier alpha value is -0.160. The van der Waals surface area contributed by atoms with Gasteiger partial charge in [0.15, 0.2) is 0 Å². The standard InChI is InChI=1S/C6H8BrN3S/c7-5-1-2-10(3-5)6-8-4-9-11-6/h4-5H,1-3H2. The van der Waals surface area contributed by atoms with Gasteiger partial charge in [0.25, 0.3) is 0 Å². The van der Waals surface area contributed by atoms with Crippen molar-refractivity contribution in [2.75, 3.05) is 18.0 Å². The van der Waals surface area contributed by atoms with E-state index in [4.69, 9.17) is 0 Å². The first kappa shape index (κ1) is 7.49. The van der Waals surface area contributed by atoms with Crippen LogP contribution in [0.2, 0.25) is 0 Å². The number of aromatic nitrogens is 2. The Morgan fingerprint density at radius 3 is 3.18 bits per heavy atom. The van der Waals surface area contributed by atoms with Crippen molar-refractivity contribution in [3.05, 3.63) is 6.33 Å². The second-order valence-corrected chi connectivity index (χ2v) is 4.61. The van der Waals surface area contributed by atoms with Crippen molar-refractivity contribution in [2.45, 2.75) is 11.2 Å². The van der Waals surface area contributed by atoms with Crippen LogP contribution >= 0.6 is 27.5 Å². The maximum Gasteiger partial charge on any atom is 0.204 e. The second-order valence-electron chi connectivity index (χ2n) is 2.56. The summed E-state index contributed by atoms with van der Waals surface area (Å²) in [5, 5.41) is 1.05. The van der Waals surface area contributed by atoms with Crippen LogP contribution < -0.4 is 4.90 Å². The van der Waals surface area contributed by atoms with Gasteiger partial charge in [-0.1, -0.05) is 15.9 Å². The molecule has 1 aromatic heterocycles. The molecule has 5 heteroatoms. The highest BCUT2D eigenvalue weighted by Gasteiger charge is 2.21. The van der Waals surface area contributed by atoms with Gasteiger partial charge in [-0.25, -0.2) is 4.98 Å². The number of halogens is 1.